The Bertz CT molecular complexity index is 857. The van der Waals surface area contributed by atoms with Crippen LogP contribution in [0.2, 0.25) is 0 Å². The van der Waals surface area contributed by atoms with Crippen molar-refractivity contribution < 1.29 is 19.5 Å². The summed E-state index contributed by atoms with van der Waals surface area (Å²) in [6, 6.07) is 0.0601. The van der Waals surface area contributed by atoms with Crippen LogP contribution >= 0.6 is 11.3 Å². The second kappa shape index (κ2) is 11.3. The van der Waals surface area contributed by atoms with Crippen LogP contribution in [-0.2, 0) is 22.6 Å². The molecule has 10 nitrogen and oxygen atoms in total. The van der Waals surface area contributed by atoms with E-state index in [2.05, 4.69) is 32.5 Å². The quantitative estimate of drug-likeness (QED) is 0.430. The van der Waals surface area contributed by atoms with Crippen molar-refractivity contribution in [3.63, 3.8) is 0 Å². The van der Waals surface area contributed by atoms with Gasteiger partial charge in [-0.3, -0.25) is 14.4 Å². The first-order valence-corrected chi connectivity index (χ1v) is 10.7. The topological polar surface area (TPSA) is 163 Å². The Morgan fingerprint density at radius 1 is 1.33 bits per heavy atom. The average Bonchev–Trinajstić information content (AvgIpc) is 3.32. The van der Waals surface area contributed by atoms with E-state index in [-0.39, 0.29) is 36.2 Å². The van der Waals surface area contributed by atoms with Gasteiger partial charge in [-0.15, -0.1) is 11.3 Å². The number of carbonyl (C=O) groups excluding carboxylic acids is 2. The highest BCUT2D eigenvalue weighted by atomic mass is 32.1. The lowest BCUT2D eigenvalue weighted by molar-refractivity contribution is -0.126. The fourth-order valence-corrected chi connectivity index (χ4v) is 4.17. The fourth-order valence-electron chi connectivity index (χ4n) is 3.36. The molecule has 164 valence electrons. The minimum atomic E-state index is -0.250. The van der Waals surface area contributed by atoms with Gasteiger partial charge in [0.2, 0.25) is 5.91 Å². The molecule has 0 unspecified atom stereocenters. The Morgan fingerprint density at radius 2 is 2.00 bits per heavy atom. The number of nitrogens with two attached hydrogens (primary N) is 1. The van der Waals surface area contributed by atoms with Gasteiger partial charge in [-0.2, -0.15) is 0 Å². The summed E-state index contributed by atoms with van der Waals surface area (Å²) in [5.41, 5.74) is 7.65. The molecule has 1 aliphatic rings. The molecule has 3 rings (SSSR count). The Hall–Kier alpha value is -2.95. The number of imidazole rings is 1. The number of thiazole rings is 1. The van der Waals surface area contributed by atoms with Gasteiger partial charge < -0.3 is 26.5 Å². The molecular formula is C19H28N6O4S. The molecule has 1 saturated carbocycles. The van der Waals surface area contributed by atoms with Crippen molar-refractivity contribution >= 4 is 35.6 Å². The Kier molecular flexibility index (Phi) is 8.78. The summed E-state index contributed by atoms with van der Waals surface area (Å²) in [6.07, 6.45) is 3.98. The predicted octanol–water partition coefficient (Wildman–Crippen LogP) is 1.63. The van der Waals surface area contributed by atoms with Crippen LogP contribution in [0.4, 0.5) is 5.95 Å². The van der Waals surface area contributed by atoms with E-state index >= 15 is 0 Å². The van der Waals surface area contributed by atoms with Gasteiger partial charge in [0.05, 0.1) is 12.2 Å². The zero-order valence-electron chi connectivity index (χ0n) is 17.1. The summed E-state index contributed by atoms with van der Waals surface area (Å²) >= 11 is 1.58. The van der Waals surface area contributed by atoms with Crippen molar-refractivity contribution in [2.24, 2.45) is 5.92 Å². The number of carboxylic acid groups (broad SMARTS) is 1. The number of anilines is 1. The lowest BCUT2D eigenvalue weighted by atomic mass is 9.85. The molecule has 0 atom stereocenters. The molecule has 30 heavy (non-hydrogen) atoms. The van der Waals surface area contributed by atoms with E-state index in [1.165, 1.54) is 0 Å². The Morgan fingerprint density at radius 3 is 2.53 bits per heavy atom. The third kappa shape index (κ3) is 6.55. The van der Waals surface area contributed by atoms with Gasteiger partial charge in [0, 0.05) is 23.0 Å². The molecule has 1 aliphatic carbocycles. The predicted molar refractivity (Wildman–Crippen MR) is 113 cm³/mol. The number of aromatic nitrogens is 3. The summed E-state index contributed by atoms with van der Waals surface area (Å²) in [5.74, 6) is 0.0867. The molecule has 0 aromatic carbocycles. The molecule has 11 heteroatoms. The number of nitrogens with one attached hydrogen (secondary N) is 3. The Labute approximate surface area is 178 Å². The second-order valence-electron chi connectivity index (χ2n) is 7.03. The minimum Gasteiger partial charge on any atom is -0.483 e. The van der Waals surface area contributed by atoms with Crippen LogP contribution < -0.4 is 16.4 Å². The third-order valence-corrected chi connectivity index (χ3v) is 5.82. The van der Waals surface area contributed by atoms with Gasteiger partial charge in [-0.1, -0.05) is 6.92 Å². The van der Waals surface area contributed by atoms with E-state index in [1.54, 1.807) is 18.3 Å². The van der Waals surface area contributed by atoms with E-state index in [0.717, 1.165) is 42.8 Å². The van der Waals surface area contributed by atoms with E-state index < -0.39 is 0 Å². The van der Waals surface area contributed by atoms with Crippen LogP contribution in [0.1, 0.15) is 59.5 Å². The molecule has 2 aromatic heterocycles. The molecule has 2 aromatic rings. The normalized spacial score (nSPS) is 18.1. The highest BCUT2D eigenvalue weighted by Crippen LogP contribution is 2.25. The largest absolute Gasteiger partial charge is 0.483 e. The minimum absolute atomic E-state index is 0.00785. The van der Waals surface area contributed by atoms with Gasteiger partial charge in [-0.25, -0.2) is 9.97 Å². The standard InChI is InChI=1S/C18H26N6O2S.CH2O2/c1-3-12-9-27-14(22-12)8-20-16(25)11-4-6-13(7-5-11)23-17(26)15-10(2)21-18(19)24-15;2-1-3/h9,11,13H,3-8H2,1-2H3,(H,20,25)(H,23,26)(H3,19,21,24);1H,(H,2,3). The lowest BCUT2D eigenvalue weighted by Crippen LogP contribution is -2.41. The van der Waals surface area contributed by atoms with E-state index in [9.17, 15) is 9.59 Å². The number of aryl methyl sites for hydroxylation is 2. The van der Waals surface area contributed by atoms with E-state index in [4.69, 9.17) is 15.6 Å². The SMILES string of the molecule is CCc1csc(CNC(=O)C2CCC(NC(=O)c3nc(N)[nH]c3C)CC2)n1.O=CO. The van der Waals surface area contributed by atoms with Gasteiger partial charge in [0.15, 0.2) is 11.6 Å². The molecule has 0 bridgehead atoms. The molecule has 0 aliphatic heterocycles. The van der Waals surface area contributed by atoms with Gasteiger partial charge in [0.25, 0.3) is 12.4 Å². The number of nitrogens with zero attached hydrogens (tertiary/aromatic N) is 2. The maximum atomic E-state index is 12.4. The van der Waals surface area contributed by atoms with Crippen molar-refractivity contribution in [3.8, 4) is 0 Å². The molecule has 0 radical (unpaired) electrons. The molecule has 0 saturated heterocycles. The first-order chi connectivity index (χ1) is 14.4. The zero-order valence-corrected chi connectivity index (χ0v) is 17.9. The number of rotatable bonds is 6. The molecular weight excluding hydrogens is 408 g/mol. The van der Waals surface area contributed by atoms with Crippen LogP contribution in [0.5, 0.6) is 0 Å². The van der Waals surface area contributed by atoms with Crippen LogP contribution in [0.25, 0.3) is 0 Å². The van der Waals surface area contributed by atoms with E-state index in [0.29, 0.717) is 17.9 Å². The van der Waals surface area contributed by atoms with E-state index in [1.807, 2.05) is 5.38 Å². The van der Waals surface area contributed by atoms with Gasteiger partial charge >= 0.3 is 0 Å². The molecule has 2 heterocycles. The molecule has 0 spiro atoms. The first-order valence-electron chi connectivity index (χ1n) is 9.79. The zero-order chi connectivity index (χ0) is 22.1. The lowest BCUT2D eigenvalue weighted by Gasteiger charge is -2.28. The number of H-pyrrole nitrogens is 1. The molecule has 2 amide bonds. The highest BCUT2D eigenvalue weighted by molar-refractivity contribution is 7.09. The van der Waals surface area contributed by atoms with Crippen LogP contribution in [0.15, 0.2) is 5.38 Å². The Balaban J connectivity index is 0.00000101. The summed E-state index contributed by atoms with van der Waals surface area (Å²) in [7, 11) is 0. The number of nitrogen functional groups attached to an aromatic ring is 1. The van der Waals surface area contributed by atoms with Crippen molar-refractivity contribution in [3.05, 3.63) is 27.5 Å². The number of hydrogen-bond donors (Lipinski definition) is 5. The van der Waals surface area contributed by atoms with Crippen LogP contribution in [0.3, 0.4) is 0 Å². The maximum Gasteiger partial charge on any atom is 0.290 e. The number of amides is 2. The van der Waals surface area contributed by atoms with Crippen LogP contribution in [-0.4, -0.2) is 44.4 Å². The van der Waals surface area contributed by atoms with Crippen molar-refractivity contribution in [2.75, 3.05) is 5.73 Å². The van der Waals surface area contributed by atoms with Gasteiger partial charge in [0.1, 0.15) is 5.01 Å². The second-order valence-corrected chi connectivity index (χ2v) is 7.97. The molecule has 6 N–H and O–H groups in total. The number of carbonyl (C=O) groups is 3. The molecule has 1 fully saturated rings. The fraction of sp³-hybridized carbons (Fsp3) is 0.526. The summed E-state index contributed by atoms with van der Waals surface area (Å²) < 4.78 is 0. The third-order valence-electron chi connectivity index (χ3n) is 4.93. The van der Waals surface area contributed by atoms with Crippen molar-refractivity contribution in [1.82, 2.24) is 25.6 Å². The smallest absolute Gasteiger partial charge is 0.290 e. The monoisotopic (exact) mass is 436 g/mol. The highest BCUT2D eigenvalue weighted by Gasteiger charge is 2.28. The average molecular weight is 437 g/mol. The maximum absolute atomic E-state index is 12.4. The van der Waals surface area contributed by atoms with Crippen molar-refractivity contribution in [1.29, 1.82) is 0 Å². The van der Waals surface area contributed by atoms with Gasteiger partial charge in [-0.05, 0) is 39.0 Å². The number of aromatic amines is 1. The summed E-state index contributed by atoms with van der Waals surface area (Å²) in [4.78, 5) is 44.4. The van der Waals surface area contributed by atoms with Crippen LogP contribution in [0, 0.1) is 12.8 Å². The first kappa shape index (κ1) is 23.3. The number of hydrogen-bond acceptors (Lipinski definition) is 7. The van der Waals surface area contributed by atoms with Crippen molar-refractivity contribution in [2.45, 2.75) is 58.5 Å². The summed E-state index contributed by atoms with van der Waals surface area (Å²) in [6.45, 7) is 4.07. The summed E-state index contributed by atoms with van der Waals surface area (Å²) in [5, 5.41) is 15.9.